The Morgan fingerprint density at radius 2 is 2.00 bits per heavy atom. The zero-order valence-electron chi connectivity index (χ0n) is 25.5. The molecule has 2 atom stereocenters. The van der Waals surface area contributed by atoms with Gasteiger partial charge in [0, 0.05) is 44.3 Å². The van der Waals surface area contributed by atoms with E-state index in [4.69, 9.17) is 14.1 Å². The molecule has 234 valence electrons. The highest BCUT2D eigenvalue weighted by molar-refractivity contribution is 5.93. The van der Waals surface area contributed by atoms with Gasteiger partial charge in [-0.3, -0.25) is 4.79 Å². The summed E-state index contributed by atoms with van der Waals surface area (Å²) in [6, 6.07) is 7.99. The Kier molecular flexibility index (Phi) is 8.16. The third-order valence-electron chi connectivity index (χ3n) is 10.0. The Hall–Kier alpha value is -3.70. The second kappa shape index (κ2) is 12.4. The number of aromatic nitrogens is 3. The Balaban J connectivity index is 0.955. The van der Waals surface area contributed by atoms with E-state index >= 15 is 0 Å². The van der Waals surface area contributed by atoms with Crippen LogP contribution in [0.25, 0.3) is 0 Å². The zero-order chi connectivity index (χ0) is 30.1. The van der Waals surface area contributed by atoms with Crippen LogP contribution in [-0.4, -0.2) is 63.8 Å². The molecule has 1 saturated heterocycles. The first kappa shape index (κ1) is 29.0. The molecule has 4 N–H and O–H groups in total. The van der Waals surface area contributed by atoms with E-state index in [9.17, 15) is 9.90 Å². The van der Waals surface area contributed by atoms with Crippen molar-refractivity contribution in [2.75, 3.05) is 29.9 Å². The number of nitrogens with zero attached hydrogens (tertiary/aromatic N) is 4. The van der Waals surface area contributed by atoms with Gasteiger partial charge in [0.2, 0.25) is 5.95 Å². The van der Waals surface area contributed by atoms with E-state index in [2.05, 4.69) is 30.8 Å². The van der Waals surface area contributed by atoms with Crippen LogP contribution in [0.15, 0.2) is 35.1 Å². The summed E-state index contributed by atoms with van der Waals surface area (Å²) in [5, 5.41) is 21.0. The van der Waals surface area contributed by atoms with Crippen LogP contribution in [0, 0.1) is 12.3 Å². The van der Waals surface area contributed by atoms with Crippen molar-refractivity contribution < 1.29 is 19.1 Å². The van der Waals surface area contributed by atoms with Gasteiger partial charge in [0.05, 0.1) is 11.8 Å². The van der Waals surface area contributed by atoms with E-state index in [0.29, 0.717) is 48.4 Å². The highest BCUT2D eigenvalue weighted by Gasteiger charge is 2.48. The molecule has 1 spiro atoms. The molecule has 0 radical (unpaired) electrons. The molecular formula is C33H43N7O4. The van der Waals surface area contributed by atoms with Gasteiger partial charge in [-0.15, -0.1) is 0 Å². The Labute approximate surface area is 258 Å². The third-order valence-corrected chi connectivity index (χ3v) is 10.0. The second-order valence-electron chi connectivity index (χ2n) is 13.1. The molecule has 3 aromatic rings. The van der Waals surface area contributed by atoms with E-state index in [-0.39, 0.29) is 18.5 Å². The summed E-state index contributed by atoms with van der Waals surface area (Å²) >= 11 is 0. The van der Waals surface area contributed by atoms with Gasteiger partial charge in [0.15, 0.2) is 12.2 Å². The summed E-state index contributed by atoms with van der Waals surface area (Å²) in [5.41, 5.74) is 3.99. The van der Waals surface area contributed by atoms with Crippen LogP contribution in [0.3, 0.4) is 0 Å². The first-order chi connectivity index (χ1) is 21.4. The average molecular weight is 602 g/mol. The number of aliphatic hydroxyl groups is 1. The number of rotatable bonds is 10. The monoisotopic (exact) mass is 601 g/mol. The predicted molar refractivity (Wildman–Crippen MR) is 166 cm³/mol. The summed E-state index contributed by atoms with van der Waals surface area (Å²) in [7, 11) is 0. The van der Waals surface area contributed by atoms with Gasteiger partial charge >= 0.3 is 0 Å². The number of amides is 1. The average Bonchev–Trinajstić information content (AvgIpc) is 3.43. The number of carbonyl (C=O) groups is 1. The normalized spacial score (nSPS) is 21.6. The fourth-order valence-electron chi connectivity index (χ4n) is 7.16. The molecule has 3 fully saturated rings. The van der Waals surface area contributed by atoms with Crippen molar-refractivity contribution in [2.45, 2.75) is 96.1 Å². The third kappa shape index (κ3) is 6.25. The summed E-state index contributed by atoms with van der Waals surface area (Å²) in [5.74, 6) is 2.51. The molecule has 7 rings (SSSR count). The minimum absolute atomic E-state index is 0.126. The lowest BCUT2D eigenvalue weighted by molar-refractivity contribution is 0.0191. The fourth-order valence-corrected chi connectivity index (χ4v) is 7.16. The van der Waals surface area contributed by atoms with Gasteiger partial charge < -0.3 is 35.1 Å². The lowest BCUT2D eigenvalue weighted by Crippen LogP contribution is -2.49. The molecular weight excluding hydrogens is 558 g/mol. The maximum absolute atomic E-state index is 13.3. The number of nitrogens with one attached hydrogen (secondary N) is 3. The van der Waals surface area contributed by atoms with Crippen LogP contribution in [-0.2, 0) is 19.6 Å². The smallest absolute Gasteiger partial charge is 0.270 e. The van der Waals surface area contributed by atoms with Crippen molar-refractivity contribution in [3.05, 3.63) is 58.9 Å². The molecule has 0 bridgehead atoms. The van der Waals surface area contributed by atoms with Crippen LogP contribution >= 0.6 is 0 Å². The largest absolute Gasteiger partial charge is 0.486 e. The highest BCUT2D eigenvalue weighted by Crippen LogP contribution is 2.56. The van der Waals surface area contributed by atoms with Gasteiger partial charge in [-0.05, 0) is 87.0 Å². The molecule has 1 aromatic carbocycles. The molecule has 2 aromatic heterocycles. The standard InChI is InChI=1S/C33H43N7O4/c1-21-29(44-20-36-21)19-43-25-7-6-22-13-26(34-17-23(22)12-25)28(41)18-35-31(42)27-14-30(37-24-15-33(16-24)8-5-9-33)39-32(38-27)40-10-3-2-4-11-40/h6-7,12,14,20,24,26,28,34,41H,2-5,8-11,13,15-19H2,1H3,(H,35,42)(H,37,38,39)/t26-,28?/m0/s1. The van der Waals surface area contributed by atoms with E-state index in [1.54, 1.807) is 6.07 Å². The fraction of sp³-hybridized carbons (Fsp3) is 0.576. The number of anilines is 2. The molecule has 1 amide bonds. The van der Waals surface area contributed by atoms with E-state index in [1.165, 1.54) is 44.9 Å². The Morgan fingerprint density at radius 3 is 2.75 bits per heavy atom. The van der Waals surface area contributed by atoms with Crippen molar-refractivity contribution in [1.29, 1.82) is 0 Å². The highest BCUT2D eigenvalue weighted by atomic mass is 16.5. The quantitative estimate of drug-likeness (QED) is 0.271. The maximum Gasteiger partial charge on any atom is 0.270 e. The first-order valence-electron chi connectivity index (χ1n) is 16.2. The number of piperidine rings is 1. The molecule has 1 unspecified atom stereocenters. The topological polar surface area (TPSA) is 138 Å². The van der Waals surface area contributed by atoms with Gasteiger partial charge in [-0.1, -0.05) is 12.5 Å². The first-order valence-corrected chi connectivity index (χ1v) is 16.2. The summed E-state index contributed by atoms with van der Waals surface area (Å²) in [4.78, 5) is 29.1. The van der Waals surface area contributed by atoms with Crippen LogP contribution in [0.1, 0.15) is 84.4 Å². The molecule has 11 heteroatoms. The molecule has 2 saturated carbocycles. The number of fused-ring (bicyclic) bond motifs is 1. The molecule has 11 nitrogen and oxygen atoms in total. The number of benzene rings is 1. The summed E-state index contributed by atoms with van der Waals surface area (Å²) in [6.07, 6.45) is 11.1. The van der Waals surface area contributed by atoms with Crippen molar-refractivity contribution >= 4 is 17.7 Å². The SMILES string of the molecule is Cc1ncoc1COc1ccc2c(c1)CN[C@H](C(O)CNC(=O)c1cc(NC3CC4(CCC4)C3)nc(N3CCCCC3)n1)C2. The molecule has 4 aliphatic rings. The molecule has 2 aliphatic heterocycles. The van der Waals surface area contributed by atoms with Crippen molar-refractivity contribution in [1.82, 2.24) is 25.6 Å². The van der Waals surface area contributed by atoms with Gasteiger partial charge in [-0.25, -0.2) is 9.97 Å². The second-order valence-corrected chi connectivity index (χ2v) is 13.1. The number of aryl methyl sites for hydroxylation is 1. The van der Waals surface area contributed by atoms with Crippen molar-refractivity contribution in [2.24, 2.45) is 5.41 Å². The maximum atomic E-state index is 13.3. The zero-order valence-corrected chi connectivity index (χ0v) is 25.5. The Bertz CT molecular complexity index is 1470. The van der Waals surface area contributed by atoms with Gasteiger partial charge in [-0.2, -0.15) is 4.98 Å². The number of hydrogen-bond donors (Lipinski definition) is 4. The lowest BCUT2D eigenvalue weighted by Gasteiger charge is -2.54. The molecule has 2 aliphatic carbocycles. The Morgan fingerprint density at radius 1 is 1.16 bits per heavy atom. The van der Waals surface area contributed by atoms with E-state index < -0.39 is 6.10 Å². The van der Waals surface area contributed by atoms with E-state index in [0.717, 1.165) is 54.3 Å². The number of aliphatic hydroxyl groups excluding tert-OH is 1. The number of ether oxygens (including phenoxy) is 1. The molecule has 44 heavy (non-hydrogen) atoms. The predicted octanol–water partition coefficient (Wildman–Crippen LogP) is 3.89. The number of hydrogen-bond acceptors (Lipinski definition) is 10. The number of oxazole rings is 1. The van der Waals surface area contributed by atoms with Gasteiger partial charge in [0.25, 0.3) is 5.91 Å². The van der Waals surface area contributed by atoms with Crippen LogP contribution < -0.4 is 25.6 Å². The lowest BCUT2D eigenvalue weighted by atomic mass is 9.54. The van der Waals surface area contributed by atoms with Crippen LogP contribution in [0.5, 0.6) is 5.75 Å². The number of carbonyl (C=O) groups excluding carboxylic acids is 1. The minimum Gasteiger partial charge on any atom is -0.486 e. The van der Waals surface area contributed by atoms with Crippen molar-refractivity contribution in [3.8, 4) is 5.75 Å². The van der Waals surface area contributed by atoms with Crippen LogP contribution in [0.4, 0.5) is 11.8 Å². The minimum atomic E-state index is -0.757. The van der Waals surface area contributed by atoms with Gasteiger partial charge in [0.1, 0.15) is 23.9 Å². The summed E-state index contributed by atoms with van der Waals surface area (Å²) in [6.45, 7) is 4.75. The van der Waals surface area contributed by atoms with Crippen molar-refractivity contribution in [3.63, 3.8) is 0 Å². The molecule has 4 heterocycles. The van der Waals surface area contributed by atoms with Crippen LogP contribution in [0.2, 0.25) is 0 Å². The summed E-state index contributed by atoms with van der Waals surface area (Å²) < 4.78 is 11.3. The van der Waals surface area contributed by atoms with E-state index in [1.807, 2.05) is 25.1 Å².